The molecule has 3 fully saturated rings. The van der Waals surface area contributed by atoms with Gasteiger partial charge in [-0.2, -0.15) is 4.98 Å². The maximum atomic E-state index is 12.0. The van der Waals surface area contributed by atoms with Crippen molar-refractivity contribution in [1.29, 1.82) is 0 Å². The predicted molar refractivity (Wildman–Crippen MR) is 152 cm³/mol. The second-order valence-corrected chi connectivity index (χ2v) is 13.0. The molecular weight excluding hydrogens is 522 g/mol. The zero-order valence-electron chi connectivity index (χ0n) is 21.5. The highest BCUT2D eigenvalue weighted by Gasteiger charge is 2.41. The smallest absolute Gasteiger partial charge is 0.229 e. The summed E-state index contributed by atoms with van der Waals surface area (Å²) >= 11 is 6.37. The summed E-state index contributed by atoms with van der Waals surface area (Å²) in [4.78, 5) is 13.9. The monoisotopic (exact) mass is 553 g/mol. The Kier molecular flexibility index (Phi) is 6.67. The normalized spacial score (nSPS) is 21.2. The van der Waals surface area contributed by atoms with Gasteiger partial charge < -0.3 is 15.5 Å². The molecule has 2 atom stereocenters. The molecule has 0 unspecified atom stereocenters. The minimum atomic E-state index is -3.21. The number of nitrogens with zero attached hydrogens (tertiary/aromatic N) is 4. The second-order valence-electron chi connectivity index (χ2n) is 10.5. The largest absolute Gasteiger partial charge is 0.365 e. The molecule has 200 valence electrons. The summed E-state index contributed by atoms with van der Waals surface area (Å²) in [6.45, 7) is 4.63. The van der Waals surface area contributed by atoms with E-state index in [0.717, 1.165) is 42.9 Å². The van der Waals surface area contributed by atoms with Crippen molar-refractivity contribution >= 4 is 50.5 Å². The van der Waals surface area contributed by atoms with E-state index in [2.05, 4.69) is 67.3 Å². The van der Waals surface area contributed by atoms with Crippen LogP contribution in [0.5, 0.6) is 0 Å². The van der Waals surface area contributed by atoms with Gasteiger partial charge in [-0.05, 0) is 74.7 Å². The molecule has 0 radical (unpaired) electrons. The zero-order chi connectivity index (χ0) is 26.4. The summed E-state index contributed by atoms with van der Waals surface area (Å²) < 4.78 is 26.8. The molecule has 2 aliphatic heterocycles. The molecule has 3 aromatic rings. The topological polar surface area (TPSA) is 102 Å². The van der Waals surface area contributed by atoms with Gasteiger partial charge in [0.15, 0.2) is 5.82 Å². The number of fused-ring (bicyclic) bond motifs is 2. The summed E-state index contributed by atoms with van der Waals surface area (Å²) in [5, 5.41) is 6.70. The Morgan fingerprint density at radius 2 is 1.79 bits per heavy atom. The fourth-order valence-electron chi connectivity index (χ4n) is 5.38. The number of sulfonamides is 1. The third-order valence-electron chi connectivity index (χ3n) is 7.68. The van der Waals surface area contributed by atoms with Crippen molar-refractivity contribution in [2.75, 3.05) is 35.7 Å². The van der Waals surface area contributed by atoms with E-state index < -0.39 is 10.0 Å². The number of nitrogens with one attached hydrogen (secondary N) is 3. The van der Waals surface area contributed by atoms with Crippen molar-refractivity contribution in [2.24, 2.45) is 0 Å². The van der Waals surface area contributed by atoms with Gasteiger partial charge in [-0.3, -0.25) is 4.90 Å². The minimum absolute atomic E-state index is 0.226. The van der Waals surface area contributed by atoms with Gasteiger partial charge in [0.05, 0.1) is 11.4 Å². The lowest BCUT2D eigenvalue weighted by molar-refractivity contribution is 0.292. The van der Waals surface area contributed by atoms with E-state index >= 15 is 0 Å². The maximum absolute atomic E-state index is 12.0. The van der Waals surface area contributed by atoms with Crippen LogP contribution < -0.4 is 20.3 Å². The molecule has 0 amide bonds. The third-order valence-corrected chi connectivity index (χ3v) is 9.85. The number of hydrogen-bond donors (Lipinski definition) is 3. The zero-order valence-corrected chi connectivity index (χ0v) is 23.1. The van der Waals surface area contributed by atoms with E-state index in [1.807, 2.05) is 24.3 Å². The number of hydrogen-bond acceptors (Lipinski definition) is 8. The molecule has 2 bridgehead atoms. The molecule has 1 aliphatic carbocycles. The van der Waals surface area contributed by atoms with Gasteiger partial charge in [-0.25, -0.2) is 18.1 Å². The SMILES string of the molecule is Cc1cc(Nc2ncc(Cl)c(Nc3ccc(CNS(=O)(=O)C4CC4)cc3)n2)ccc1N1C[C@@H]2C[C@H]1CN2C. The average molecular weight is 554 g/mol. The number of piperazine rings is 1. The average Bonchev–Trinajstić information content (AvgIpc) is 3.60. The molecule has 3 heterocycles. The van der Waals surface area contributed by atoms with Crippen molar-refractivity contribution in [1.82, 2.24) is 19.6 Å². The van der Waals surface area contributed by atoms with Crippen LogP contribution in [0.25, 0.3) is 0 Å². The molecule has 38 heavy (non-hydrogen) atoms. The van der Waals surface area contributed by atoms with E-state index in [1.165, 1.54) is 17.7 Å². The molecule has 2 aromatic carbocycles. The van der Waals surface area contributed by atoms with Crippen LogP contribution in [0.4, 0.5) is 28.8 Å². The van der Waals surface area contributed by atoms with E-state index in [1.54, 1.807) is 6.20 Å². The minimum Gasteiger partial charge on any atom is -0.365 e. The number of halogens is 1. The highest BCUT2D eigenvalue weighted by Crippen LogP contribution is 2.36. The molecule has 1 saturated carbocycles. The molecule has 0 spiro atoms. The van der Waals surface area contributed by atoms with E-state index in [0.29, 0.717) is 28.9 Å². The van der Waals surface area contributed by atoms with Crippen LogP contribution in [0.15, 0.2) is 48.7 Å². The van der Waals surface area contributed by atoms with Gasteiger partial charge in [-0.15, -0.1) is 0 Å². The quantitative estimate of drug-likeness (QED) is 0.358. The van der Waals surface area contributed by atoms with Crippen LogP contribution in [-0.2, 0) is 16.6 Å². The number of aromatic nitrogens is 2. The molecule has 9 nitrogen and oxygen atoms in total. The third kappa shape index (κ3) is 5.31. The summed E-state index contributed by atoms with van der Waals surface area (Å²) in [7, 11) is -0.988. The molecular formula is C27H32ClN7O2S. The lowest BCUT2D eigenvalue weighted by Crippen LogP contribution is -2.44. The standard InChI is InChI=1S/C27H32ClN7O2S/c1-17-11-20(7-10-25(17)35-16-21-12-22(35)15-34(21)2)32-27-29-14-24(28)26(33-27)31-19-5-3-18(4-6-19)13-30-38(36,37)23-8-9-23/h3-7,10-11,14,21-23,30H,8-9,12-13,15-16H2,1-2H3,(H2,29,31,32,33)/t21-,22-/m0/s1. The van der Waals surface area contributed by atoms with Gasteiger partial charge in [0.2, 0.25) is 16.0 Å². The Hall–Kier alpha value is -2.92. The van der Waals surface area contributed by atoms with Gasteiger partial charge in [0.1, 0.15) is 5.02 Å². The number of aryl methyl sites for hydroxylation is 1. The predicted octanol–water partition coefficient (Wildman–Crippen LogP) is 4.40. The van der Waals surface area contributed by atoms with Crippen molar-refractivity contribution in [3.8, 4) is 0 Å². The second kappa shape index (κ2) is 10.00. The van der Waals surface area contributed by atoms with Crippen molar-refractivity contribution < 1.29 is 8.42 Å². The molecule has 3 N–H and O–H groups in total. The lowest BCUT2D eigenvalue weighted by atomic mass is 10.1. The molecule has 3 aliphatic rings. The Bertz CT molecular complexity index is 1440. The summed E-state index contributed by atoms with van der Waals surface area (Å²) in [5.41, 5.74) is 5.09. The van der Waals surface area contributed by atoms with Gasteiger partial charge >= 0.3 is 0 Å². The van der Waals surface area contributed by atoms with E-state index in [-0.39, 0.29) is 11.8 Å². The fourth-order valence-corrected chi connectivity index (χ4v) is 6.88. The van der Waals surface area contributed by atoms with Crippen LogP contribution >= 0.6 is 11.6 Å². The van der Waals surface area contributed by atoms with Crippen LogP contribution in [0, 0.1) is 6.92 Å². The van der Waals surface area contributed by atoms with Gasteiger partial charge in [-0.1, -0.05) is 23.7 Å². The first-order chi connectivity index (χ1) is 18.2. The lowest BCUT2D eigenvalue weighted by Gasteiger charge is -2.34. The first-order valence-electron chi connectivity index (χ1n) is 13.0. The van der Waals surface area contributed by atoms with Crippen molar-refractivity contribution in [3.63, 3.8) is 0 Å². The van der Waals surface area contributed by atoms with Crippen LogP contribution in [0.3, 0.4) is 0 Å². The van der Waals surface area contributed by atoms with Gasteiger partial charge in [0, 0.05) is 48.8 Å². The summed E-state index contributed by atoms with van der Waals surface area (Å²) in [6.07, 6.45) is 4.30. The van der Waals surface area contributed by atoms with Crippen molar-refractivity contribution in [3.05, 3.63) is 64.8 Å². The molecule has 2 saturated heterocycles. The number of likely N-dealkylation sites (N-methyl/N-ethyl adjacent to an activating group) is 1. The van der Waals surface area contributed by atoms with E-state index in [9.17, 15) is 8.42 Å². The number of likely N-dealkylation sites (tertiary alicyclic amines) is 1. The number of benzene rings is 2. The highest BCUT2D eigenvalue weighted by atomic mass is 35.5. The van der Waals surface area contributed by atoms with Crippen LogP contribution in [0.1, 0.15) is 30.4 Å². The molecule has 6 rings (SSSR count). The number of anilines is 5. The van der Waals surface area contributed by atoms with Crippen LogP contribution in [0.2, 0.25) is 5.02 Å². The Labute approximate surface area is 228 Å². The maximum Gasteiger partial charge on any atom is 0.229 e. The summed E-state index contributed by atoms with van der Waals surface area (Å²) in [5.74, 6) is 0.925. The molecule has 1 aromatic heterocycles. The highest BCUT2D eigenvalue weighted by molar-refractivity contribution is 7.90. The van der Waals surface area contributed by atoms with E-state index in [4.69, 9.17) is 11.6 Å². The fraction of sp³-hybridized carbons (Fsp3) is 0.407. The first-order valence-corrected chi connectivity index (χ1v) is 14.9. The number of rotatable bonds is 9. The molecule has 11 heteroatoms. The van der Waals surface area contributed by atoms with Gasteiger partial charge in [0.25, 0.3) is 0 Å². The Balaban J connectivity index is 1.10. The van der Waals surface area contributed by atoms with Crippen LogP contribution in [-0.4, -0.2) is 60.8 Å². The first kappa shape index (κ1) is 25.4. The van der Waals surface area contributed by atoms with Crippen molar-refractivity contribution in [2.45, 2.75) is 50.1 Å². The Morgan fingerprint density at radius 3 is 2.45 bits per heavy atom. The Morgan fingerprint density at radius 1 is 1.03 bits per heavy atom. The summed E-state index contributed by atoms with van der Waals surface area (Å²) in [6, 6.07) is 15.1.